The van der Waals surface area contributed by atoms with Crippen LogP contribution in [0.5, 0.6) is 5.75 Å². The summed E-state index contributed by atoms with van der Waals surface area (Å²) in [6.45, 7) is 0.0594. The van der Waals surface area contributed by atoms with E-state index in [4.69, 9.17) is 4.74 Å². The molecule has 0 radical (unpaired) electrons. The van der Waals surface area contributed by atoms with E-state index >= 15 is 0 Å². The zero-order valence-corrected chi connectivity index (χ0v) is 11.7. The van der Waals surface area contributed by atoms with Crippen molar-refractivity contribution >= 4 is 16.7 Å². The van der Waals surface area contributed by atoms with Gasteiger partial charge >= 0.3 is 5.97 Å². The standard InChI is InChI=1S/C15H13N3O4/c1-22-8-12-14(15(20)21)16-17-18(12)11-6-2-5-10-9(11)4-3-7-13(10)19/h2-7,19H,8H2,1H3,(H,20,21). The summed E-state index contributed by atoms with van der Waals surface area (Å²) in [6.07, 6.45) is 0. The molecule has 1 heterocycles. The molecule has 0 amide bonds. The normalized spacial score (nSPS) is 11.0. The molecule has 0 atom stereocenters. The van der Waals surface area contributed by atoms with Gasteiger partial charge in [-0.15, -0.1) is 5.10 Å². The molecular formula is C15H13N3O4. The minimum atomic E-state index is -1.17. The Morgan fingerprint density at radius 2 is 1.95 bits per heavy atom. The number of fused-ring (bicyclic) bond motifs is 1. The molecule has 3 aromatic rings. The maximum atomic E-state index is 11.2. The Kier molecular flexibility index (Phi) is 3.48. The molecule has 0 unspecified atom stereocenters. The van der Waals surface area contributed by atoms with E-state index in [1.165, 1.54) is 11.8 Å². The molecule has 0 fully saturated rings. The first-order valence-electron chi connectivity index (χ1n) is 6.51. The molecule has 112 valence electrons. The highest BCUT2D eigenvalue weighted by Crippen LogP contribution is 2.29. The predicted molar refractivity (Wildman–Crippen MR) is 78.2 cm³/mol. The topological polar surface area (TPSA) is 97.5 Å². The zero-order chi connectivity index (χ0) is 15.7. The third kappa shape index (κ3) is 2.17. The van der Waals surface area contributed by atoms with Crippen molar-refractivity contribution in [3.63, 3.8) is 0 Å². The lowest BCUT2D eigenvalue weighted by molar-refractivity contribution is 0.0685. The molecule has 0 saturated heterocycles. The Balaban J connectivity index is 2.28. The molecule has 3 rings (SSSR count). The average Bonchev–Trinajstić information content (AvgIpc) is 2.91. The summed E-state index contributed by atoms with van der Waals surface area (Å²) in [5.74, 6) is -1.02. The van der Waals surface area contributed by atoms with Crippen molar-refractivity contribution in [1.82, 2.24) is 15.0 Å². The van der Waals surface area contributed by atoms with Crippen molar-refractivity contribution in [2.24, 2.45) is 0 Å². The third-order valence-corrected chi connectivity index (χ3v) is 3.35. The number of rotatable bonds is 4. The van der Waals surface area contributed by atoms with Gasteiger partial charge in [0.1, 0.15) is 11.4 Å². The van der Waals surface area contributed by atoms with E-state index in [2.05, 4.69) is 10.3 Å². The molecule has 2 aromatic carbocycles. The second kappa shape index (κ2) is 5.45. The van der Waals surface area contributed by atoms with Crippen LogP contribution in [0, 0.1) is 0 Å². The molecule has 7 heteroatoms. The van der Waals surface area contributed by atoms with E-state index in [-0.39, 0.29) is 18.1 Å². The number of nitrogens with zero attached hydrogens (tertiary/aromatic N) is 3. The van der Waals surface area contributed by atoms with Crippen LogP contribution in [0.3, 0.4) is 0 Å². The van der Waals surface area contributed by atoms with Gasteiger partial charge in [0.25, 0.3) is 0 Å². The van der Waals surface area contributed by atoms with Gasteiger partial charge in [-0.3, -0.25) is 0 Å². The van der Waals surface area contributed by atoms with Gasteiger partial charge < -0.3 is 14.9 Å². The van der Waals surface area contributed by atoms with Crippen LogP contribution in [0.15, 0.2) is 36.4 Å². The molecule has 0 aliphatic carbocycles. The quantitative estimate of drug-likeness (QED) is 0.764. The fraction of sp³-hybridized carbons (Fsp3) is 0.133. The lowest BCUT2D eigenvalue weighted by Crippen LogP contribution is -2.08. The summed E-state index contributed by atoms with van der Waals surface area (Å²) >= 11 is 0. The predicted octanol–water partition coefficient (Wildman–Crippen LogP) is 1.97. The van der Waals surface area contributed by atoms with Gasteiger partial charge in [0.2, 0.25) is 0 Å². The van der Waals surface area contributed by atoms with E-state index in [1.807, 2.05) is 6.07 Å². The average molecular weight is 299 g/mol. The highest BCUT2D eigenvalue weighted by atomic mass is 16.5. The van der Waals surface area contributed by atoms with Gasteiger partial charge in [0, 0.05) is 17.9 Å². The van der Waals surface area contributed by atoms with Crippen LogP contribution in [-0.2, 0) is 11.3 Å². The maximum absolute atomic E-state index is 11.2. The molecule has 0 aliphatic heterocycles. The molecule has 0 saturated carbocycles. The van der Waals surface area contributed by atoms with Crippen LogP contribution < -0.4 is 0 Å². The Morgan fingerprint density at radius 1 is 1.23 bits per heavy atom. The highest BCUT2D eigenvalue weighted by Gasteiger charge is 2.20. The number of benzene rings is 2. The van der Waals surface area contributed by atoms with Gasteiger partial charge in [-0.05, 0) is 12.1 Å². The van der Waals surface area contributed by atoms with Crippen LogP contribution in [0.2, 0.25) is 0 Å². The van der Waals surface area contributed by atoms with Crippen LogP contribution in [0.1, 0.15) is 16.2 Å². The Hall–Kier alpha value is -2.93. The Bertz CT molecular complexity index is 857. The summed E-state index contributed by atoms with van der Waals surface area (Å²) in [5, 5.41) is 28.2. The molecule has 0 bridgehead atoms. The summed E-state index contributed by atoms with van der Waals surface area (Å²) < 4.78 is 6.49. The number of hydrogen-bond donors (Lipinski definition) is 2. The molecule has 0 aliphatic rings. The molecule has 0 spiro atoms. The van der Waals surface area contributed by atoms with E-state index in [0.717, 1.165) is 5.39 Å². The highest BCUT2D eigenvalue weighted by molar-refractivity contribution is 5.94. The van der Waals surface area contributed by atoms with Gasteiger partial charge in [0.05, 0.1) is 12.3 Å². The summed E-state index contributed by atoms with van der Waals surface area (Å²) in [7, 11) is 1.47. The second-order valence-electron chi connectivity index (χ2n) is 4.68. The minimum Gasteiger partial charge on any atom is -0.507 e. The molecular weight excluding hydrogens is 286 g/mol. The SMILES string of the molecule is COCc1c(C(=O)O)nnn1-c1cccc2c(O)cccc12. The second-order valence-corrected chi connectivity index (χ2v) is 4.68. The van der Waals surface area contributed by atoms with Crippen LogP contribution in [0.25, 0.3) is 16.5 Å². The van der Waals surface area contributed by atoms with E-state index in [1.54, 1.807) is 30.3 Å². The zero-order valence-electron chi connectivity index (χ0n) is 11.7. The van der Waals surface area contributed by atoms with Crippen LogP contribution in [0.4, 0.5) is 0 Å². The number of phenolic OH excluding ortho intramolecular Hbond substituents is 1. The Morgan fingerprint density at radius 3 is 2.68 bits per heavy atom. The third-order valence-electron chi connectivity index (χ3n) is 3.35. The number of carbonyl (C=O) groups is 1. The number of phenols is 1. The number of aromatic nitrogens is 3. The van der Waals surface area contributed by atoms with Crippen molar-refractivity contribution in [3.05, 3.63) is 47.8 Å². The number of carboxylic acids is 1. The number of aromatic carboxylic acids is 1. The summed E-state index contributed by atoms with van der Waals surface area (Å²) in [5.41, 5.74) is 0.810. The molecule has 7 nitrogen and oxygen atoms in total. The lowest BCUT2D eigenvalue weighted by atomic mass is 10.1. The van der Waals surface area contributed by atoms with Crippen molar-refractivity contribution in [3.8, 4) is 11.4 Å². The first-order chi connectivity index (χ1) is 10.6. The molecule has 22 heavy (non-hydrogen) atoms. The minimum absolute atomic E-state index is 0.0594. The Labute approximate surface area is 125 Å². The number of hydrogen-bond acceptors (Lipinski definition) is 5. The first kappa shape index (κ1) is 14.0. The molecule has 2 N–H and O–H groups in total. The smallest absolute Gasteiger partial charge is 0.358 e. The molecule has 1 aromatic heterocycles. The monoisotopic (exact) mass is 299 g/mol. The van der Waals surface area contributed by atoms with E-state index in [0.29, 0.717) is 16.8 Å². The number of carboxylic acid groups (broad SMARTS) is 1. The van der Waals surface area contributed by atoms with E-state index < -0.39 is 5.97 Å². The number of methoxy groups -OCH3 is 1. The van der Waals surface area contributed by atoms with E-state index in [9.17, 15) is 15.0 Å². The van der Waals surface area contributed by atoms with Gasteiger partial charge in [0.15, 0.2) is 5.69 Å². The summed E-state index contributed by atoms with van der Waals surface area (Å²) in [4.78, 5) is 11.2. The first-order valence-corrected chi connectivity index (χ1v) is 6.51. The van der Waals surface area contributed by atoms with Crippen LogP contribution in [-0.4, -0.2) is 38.3 Å². The number of ether oxygens (including phenoxy) is 1. The van der Waals surface area contributed by atoms with Gasteiger partial charge in [-0.25, -0.2) is 9.48 Å². The maximum Gasteiger partial charge on any atom is 0.358 e. The lowest BCUT2D eigenvalue weighted by Gasteiger charge is -2.10. The largest absolute Gasteiger partial charge is 0.507 e. The van der Waals surface area contributed by atoms with Crippen molar-refractivity contribution in [2.75, 3.05) is 7.11 Å². The van der Waals surface area contributed by atoms with Crippen LogP contribution >= 0.6 is 0 Å². The number of aromatic hydroxyl groups is 1. The van der Waals surface area contributed by atoms with Crippen molar-refractivity contribution in [2.45, 2.75) is 6.61 Å². The van der Waals surface area contributed by atoms with Crippen molar-refractivity contribution in [1.29, 1.82) is 0 Å². The fourth-order valence-corrected chi connectivity index (χ4v) is 2.39. The van der Waals surface area contributed by atoms with Crippen molar-refractivity contribution < 1.29 is 19.7 Å². The summed E-state index contributed by atoms with van der Waals surface area (Å²) in [6, 6.07) is 10.4. The van der Waals surface area contributed by atoms with Gasteiger partial charge in [-0.1, -0.05) is 29.5 Å². The van der Waals surface area contributed by atoms with Gasteiger partial charge in [-0.2, -0.15) is 0 Å². The fourth-order valence-electron chi connectivity index (χ4n) is 2.39.